The Morgan fingerprint density at radius 3 is 2.45 bits per heavy atom. The molecular weight excluding hydrogens is 531 g/mol. The first-order valence-electron chi connectivity index (χ1n) is 13.3. The van der Waals surface area contributed by atoms with Crippen molar-refractivity contribution in [2.24, 2.45) is 0 Å². The van der Waals surface area contributed by atoms with Crippen molar-refractivity contribution in [3.63, 3.8) is 0 Å². The van der Waals surface area contributed by atoms with Gasteiger partial charge in [0, 0.05) is 29.2 Å². The Kier molecular flexibility index (Phi) is 8.74. The Bertz CT molecular complexity index is 1480. The van der Waals surface area contributed by atoms with Gasteiger partial charge in [-0.25, -0.2) is 17.8 Å². The van der Waals surface area contributed by atoms with Gasteiger partial charge in [0.05, 0.1) is 16.1 Å². The smallest absolute Gasteiger partial charge is 0.254 e. The molecule has 0 aliphatic carbocycles. The standard InChI is InChI=1S/C29H37FN6O3S/c1-19-17-31-28(35-26(19)32-22-8-6-7-20(15-22)18-40(38,39)29(2,3)4)34-23-9-10-24(25(30)16-23)27(37)33-21-11-13-36(5)14-12-21/h6-10,15-17,21H,11-14,18H2,1-5H3,(H,33,37)(H2,31,32,34,35). The van der Waals surface area contributed by atoms with Crippen LogP contribution in [0.25, 0.3) is 0 Å². The number of carbonyl (C=O) groups is 1. The molecule has 40 heavy (non-hydrogen) atoms. The third kappa shape index (κ3) is 7.33. The monoisotopic (exact) mass is 568 g/mol. The maximum atomic E-state index is 14.9. The molecule has 1 aliphatic heterocycles. The largest absolute Gasteiger partial charge is 0.349 e. The summed E-state index contributed by atoms with van der Waals surface area (Å²) in [7, 11) is -1.29. The fraction of sp³-hybridized carbons (Fsp3) is 0.414. The van der Waals surface area contributed by atoms with Gasteiger partial charge in [-0.3, -0.25) is 4.79 Å². The molecule has 3 aromatic rings. The number of likely N-dealkylation sites (tertiary alicyclic amines) is 1. The molecule has 2 aromatic carbocycles. The van der Waals surface area contributed by atoms with E-state index in [2.05, 4.69) is 30.8 Å². The first-order chi connectivity index (χ1) is 18.8. The number of nitrogens with one attached hydrogen (secondary N) is 3. The number of rotatable bonds is 8. The Balaban J connectivity index is 1.44. The van der Waals surface area contributed by atoms with Crippen LogP contribution in [0.1, 0.15) is 55.1 Å². The van der Waals surface area contributed by atoms with E-state index in [1.807, 2.05) is 20.0 Å². The first-order valence-corrected chi connectivity index (χ1v) is 14.9. The number of anilines is 4. The zero-order valence-electron chi connectivity index (χ0n) is 23.6. The third-order valence-corrected chi connectivity index (χ3v) is 9.55. The number of hydrogen-bond donors (Lipinski definition) is 3. The van der Waals surface area contributed by atoms with Crippen LogP contribution >= 0.6 is 0 Å². The van der Waals surface area contributed by atoms with Gasteiger partial charge < -0.3 is 20.9 Å². The Hall–Kier alpha value is -3.57. The van der Waals surface area contributed by atoms with E-state index in [1.165, 1.54) is 12.1 Å². The van der Waals surface area contributed by atoms with Crippen molar-refractivity contribution in [3.05, 3.63) is 71.2 Å². The summed E-state index contributed by atoms with van der Waals surface area (Å²) in [6, 6.07) is 11.5. The van der Waals surface area contributed by atoms with E-state index >= 15 is 0 Å². The minimum Gasteiger partial charge on any atom is -0.349 e. The zero-order chi connectivity index (χ0) is 29.1. The summed E-state index contributed by atoms with van der Waals surface area (Å²) in [5.41, 5.74) is 2.51. The lowest BCUT2D eigenvalue weighted by Gasteiger charge is -2.29. The number of piperidine rings is 1. The maximum absolute atomic E-state index is 14.9. The normalized spacial score (nSPS) is 15.1. The molecule has 0 bridgehead atoms. The van der Waals surface area contributed by atoms with E-state index < -0.39 is 26.3 Å². The van der Waals surface area contributed by atoms with Crippen LogP contribution in [-0.4, -0.2) is 60.1 Å². The number of hydrogen-bond acceptors (Lipinski definition) is 8. The number of amides is 1. The molecule has 1 aromatic heterocycles. The summed E-state index contributed by atoms with van der Waals surface area (Å²) >= 11 is 0. The minimum atomic E-state index is -3.33. The summed E-state index contributed by atoms with van der Waals surface area (Å²) in [4.78, 5) is 23.7. The predicted octanol–water partition coefficient (Wildman–Crippen LogP) is 4.95. The summed E-state index contributed by atoms with van der Waals surface area (Å²) in [6.07, 6.45) is 3.31. The van der Waals surface area contributed by atoms with E-state index in [1.54, 1.807) is 51.2 Å². The highest BCUT2D eigenvalue weighted by atomic mass is 32.2. The van der Waals surface area contributed by atoms with Gasteiger partial charge in [-0.05, 0) is 96.6 Å². The van der Waals surface area contributed by atoms with Crippen LogP contribution in [0.5, 0.6) is 0 Å². The lowest BCUT2D eigenvalue weighted by Crippen LogP contribution is -2.43. The Morgan fingerprint density at radius 1 is 1.07 bits per heavy atom. The number of halogens is 1. The highest BCUT2D eigenvalue weighted by molar-refractivity contribution is 7.91. The highest BCUT2D eigenvalue weighted by Crippen LogP contribution is 2.25. The van der Waals surface area contributed by atoms with Gasteiger partial charge in [0.1, 0.15) is 11.6 Å². The molecule has 0 spiro atoms. The van der Waals surface area contributed by atoms with Gasteiger partial charge in [0.15, 0.2) is 9.84 Å². The minimum absolute atomic E-state index is 0.00925. The van der Waals surface area contributed by atoms with E-state index in [0.717, 1.165) is 31.5 Å². The predicted molar refractivity (Wildman–Crippen MR) is 157 cm³/mol. The summed E-state index contributed by atoms with van der Waals surface area (Å²) in [5, 5.41) is 9.15. The molecule has 0 atom stereocenters. The molecule has 1 fully saturated rings. The molecule has 9 nitrogen and oxygen atoms in total. The molecule has 3 N–H and O–H groups in total. The number of nitrogens with zero attached hydrogens (tertiary/aromatic N) is 3. The topological polar surface area (TPSA) is 116 Å². The van der Waals surface area contributed by atoms with Gasteiger partial charge in [0.25, 0.3) is 5.91 Å². The number of aryl methyl sites for hydroxylation is 1. The first kappa shape index (κ1) is 29.4. The lowest BCUT2D eigenvalue weighted by molar-refractivity contribution is 0.0913. The second-order valence-electron chi connectivity index (χ2n) is 11.3. The molecule has 214 valence electrons. The molecule has 0 unspecified atom stereocenters. The van der Waals surface area contributed by atoms with Crippen molar-refractivity contribution in [3.8, 4) is 0 Å². The molecule has 1 amide bonds. The fourth-order valence-corrected chi connectivity index (χ4v) is 5.31. The van der Waals surface area contributed by atoms with Crippen LogP contribution in [0.15, 0.2) is 48.7 Å². The van der Waals surface area contributed by atoms with E-state index in [9.17, 15) is 17.6 Å². The molecular formula is C29H37FN6O3S. The quantitative estimate of drug-likeness (QED) is 0.350. The van der Waals surface area contributed by atoms with Crippen molar-refractivity contribution >= 4 is 38.9 Å². The van der Waals surface area contributed by atoms with Crippen LogP contribution in [0.4, 0.5) is 27.5 Å². The van der Waals surface area contributed by atoms with Crippen molar-refractivity contribution in [1.29, 1.82) is 0 Å². The van der Waals surface area contributed by atoms with E-state index in [-0.39, 0.29) is 23.3 Å². The average molecular weight is 569 g/mol. The lowest BCUT2D eigenvalue weighted by atomic mass is 10.0. The molecule has 4 rings (SSSR count). The Morgan fingerprint density at radius 2 is 1.77 bits per heavy atom. The second kappa shape index (κ2) is 11.9. The summed E-state index contributed by atoms with van der Waals surface area (Å²) in [5.74, 6) is -0.373. The molecule has 0 saturated carbocycles. The number of sulfone groups is 1. The third-order valence-electron chi connectivity index (χ3n) is 6.97. The van der Waals surface area contributed by atoms with Crippen molar-refractivity contribution < 1.29 is 17.6 Å². The average Bonchev–Trinajstić information content (AvgIpc) is 2.87. The summed E-state index contributed by atoms with van der Waals surface area (Å²) < 4.78 is 39.3. The van der Waals surface area contributed by atoms with Crippen LogP contribution in [-0.2, 0) is 15.6 Å². The SMILES string of the molecule is Cc1cnc(Nc2ccc(C(=O)NC3CCN(C)CC3)c(F)c2)nc1Nc1cccc(CS(=O)(=O)C(C)(C)C)c1. The van der Waals surface area contributed by atoms with E-state index in [4.69, 9.17) is 0 Å². The number of carbonyl (C=O) groups excluding carboxylic acids is 1. The second-order valence-corrected chi connectivity index (χ2v) is 14.0. The van der Waals surface area contributed by atoms with Crippen LogP contribution in [0.3, 0.4) is 0 Å². The number of aromatic nitrogens is 2. The molecule has 1 saturated heterocycles. The van der Waals surface area contributed by atoms with Crippen molar-refractivity contribution in [2.75, 3.05) is 30.8 Å². The van der Waals surface area contributed by atoms with Crippen LogP contribution in [0, 0.1) is 12.7 Å². The number of benzene rings is 2. The van der Waals surface area contributed by atoms with Crippen LogP contribution in [0.2, 0.25) is 0 Å². The zero-order valence-corrected chi connectivity index (χ0v) is 24.4. The Labute approximate surface area is 235 Å². The molecule has 1 aliphatic rings. The van der Waals surface area contributed by atoms with Gasteiger partial charge in [0.2, 0.25) is 5.95 Å². The van der Waals surface area contributed by atoms with Gasteiger partial charge >= 0.3 is 0 Å². The molecule has 0 radical (unpaired) electrons. The maximum Gasteiger partial charge on any atom is 0.254 e. The van der Waals surface area contributed by atoms with Gasteiger partial charge in [-0.1, -0.05) is 12.1 Å². The molecule has 2 heterocycles. The van der Waals surface area contributed by atoms with Gasteiger partial charge in [-0.2, -0.15) is 4.98 Å². The van der Waals surface area contributed by atoms with Crippen molar-refractivity contribution in [2.45, 2.75) is 57.1 Å². The summed E-state index contributed by atoms with van der Waals surface area (Å²) in [6.45, 7) is 8.70. The van der Waals surface area contributed by atoms with Gasteiger partial charge in [-0.15, -0.1) is 0 Å². The highest BCUT2D eigenvalue weighted by Gasteiger charge is 2.29. The van der Waals surface area contributed by atoms with Crippen LogP contribution < -0.4 is 16.0 Å². The fourth-order valence-electron chi connectivity index (χ4n) is 4.26. The molecule has 11 heteroatoms. The van der Waals surface area contributed by atoms with E-state index in [0.29, 0.717) is 22.8 Å². The van der Waals surface area contributed by atoms with Crippen molar-refractivity contribution in [1.82, 2.24) is 20.2 Å².